The zero-order valence-electron chi connectivity index (χ0n) is 18.7. The molecule has 1 heterocycles. The first-order chi connectivity index (χ1) is 14.1. The van der Waals surface area contributed by atoms with Gasteiger partial charge in [0.1, 0.15) is 5.82 Å². The fourth-order valence-electron chi connectivity index (χ4n) is 4.24. The smallest absolute Gasteiger partial charge is 0.191 e. The highest BCUT2D eigenvalue weighted by atomic mass is 127. The predicted octanol–water partition coefficient (Wildman–Crippen LogP) is 4.18. The van der Waals surface area contributed by atoms with Gasteiger partial charge in [0.05, 0.1) is 5.52 Å². The average molecular weight is 525 g/mol. The molecule has 1 saturated carbocycles. The minimum atomic E-state index is 0. The van der Waals surface area contributed by atoms with Crippen LogP contribution in [0, 0.1) is 5.41 Å². The van der Waals surface area contributed by atoms with Crippen LogP contribution in [0.1, 0.15) is 37.7 Å². The quantitative estimate of drug-likeness (QED) is 0.308. The van der Waals surface area contributed by atoms with E-state index in [9.17, 15) is 0 Å². The molecule has 0 spiro atoms. The molecule has 3 rings (SSSR count). The lowest BCUT2D eigenvalue weighted by molar-refractivity contribution is 0.138. The van der Waals surface area contributed by atoms with Crippen LogP contribution in [0.4, 0.5) is 5.82 Å². The maximum Gasteiger partial charge on any atom is 0.191 e. The number of ether oxygens (including phenoxy) is 1. The van der Waals surface area contributed by atoms with E-state index in [0.717, 1.165) is 36.9 Å². The van der Waals surface area contributed by atoms with Crippen molar-refractivity contribution in [3.8, 4) is 0 Å². The molecule has 1 fully saturated rings. The SMILES string of the molecule is CN=C(NCc1cc(N(C)C)nc2ccccc12)NCC1(CCOC)CCCC1.I. The van der Waals surface area contributed by atoms with Crippen molar-refractivity contribution in [2.24, 2.45) is 10.4 Å². The normalized spacial score (nSPS) is 15.7. The third-order valence-electron chi connectivity index (χ3n) is 6.05. The Bertz CT molecular complexity index is 833. The second kappa shape index (κ2) is 11.7. The largest absolute Gasteiger partial charge is 0.385 e. The van der Waals surface area contributed by atoms with E-state index in [-0.39, 0.29) is 24.0 Å². The van der Waals surface area contributed by atoms with E-state index in [1.165, 1.54) is 36.6 Å². The lowest BCUT2D eigenvalue weighted by atomic mass is 9.83. The van der Waals surface area contributed by atoms with Crippen LogP contribution in [0.25, 0.3) is 10.9 Å². The number of fused-ring (bicyclic) bond motifs is 1. The molecule has 0 unspecified atom stereocenters. The molecule has 1 aliphatic carbocycles. The highest BCUT2D eigenvalue weighted by molar-refractivity contribution is 14.0. The van der Waals surface area contributed by atoms with Crippen molar-refractivity contribution in [1.29, 1.82) is 0 Å². The summed E-state index contributed by atoms with van der Waals surface area (Å²) in [7, 11) is 7.67. The number of hydrogen-bond donors (Lipinski definition) is 2. The molecule has 0 amide bonds. The molecule has 0 radical (unpaired) electrons. The summed E-state index contributed by atoms with van der Waals surface area (Å²) in [5, 5.41) is 8.25. The van der Waals surface area contributed by atoms with Crippen molar-refractivity contribution in [2.45, 2.75) is 38.6 Å². The topological polar surface area (TPSA) is 61.8 Å². The third kappa shape index (κ3) is 6.20. The van der Waals surface area contributed by atoms with Gasteiger partial charge in [0.2, 0.25) is 0 Å². The number of hydrogen-bond acceptors (Lipinski definition) is 4. The van der Waals surface area contributed by atoms with Crippen LogP contribution in [-0.2, 0) is 11.3 Å². The van der Waals surface area contributed by atoms with E-state index in [1.807, 2.05) is 32.1 Å². The Balaban J connectivity index is 0.00000320. The second-order valence-electron chi connectivity index (χ2n) is 8.28. The van der Waals surface area contributed by atoms with Gasteiger partial charge in [0.25, 0.3) is 0 Å². The van der Waals surface area contributed by atoms with Gasteiger partial charge in [-0.05, 0) is 42.4 Å². The minimum absolute atomic E-state index is 0. The van der Waals surface area contributed by atoms with Gasteiger partial charge in [-0.3, -0.25) is 4.99 Å². The Hall–Kier alpha value is -1.61. The highest BCUT2D eigenvalue weighted by Gasteiger charge is 2.33. The molecule has 0 atom stereocenters. The zero-order valence-corrected chi connectivity index (χ0v) is 21.0. The van der Waals surface area contributed by atoms with Gasteiger partial charge in [0.15, 0.2) is 5.96 Å². The maximum absolute atomic E-state index is 5.36. The molecule has 1 aliphatic rings. The molecule has 2 aromatic rings. The van der Waals surface area contributed by atoms with Gasteiger partial charge < -0.3 is 20.3 Å². The monoisotopic (exact) mass is 525 g/mol. The Morgan fingerprint density at radius 3 is 2.60 bits per heavy atom. The fraction of sp³-hybridized carbons (Fsp3) is 0.565. The highest BCUT2D eigenvalue weighted by Crippen LogP contribution is 2.40. The molecular formula is C23H36IN5O. The first-order valence-corrected chi connectivity index (χ1v) is 10.6. The molecule has 30 heavy (non-hydrogen) atoms. The van der Waals surface area contributed by atoms with Crippen molar-refractivity contribution in [3.05, 3.63) is 35.9 Å². The van der Waals surface area contributed by atoms with Crippen molar-refractivity contribution < 1.29 is 4.74 Å². The Morgan fingerprint density at radius 2 is 1.93 bits per heavy atom. The number of nitrogens with zero attached hydrogens (tertiary/aromatic N) is 3. The van der Waals surface area contributed by atoms with Gasteiger partial charge >= 0.3 is 0 Å². The van der Waals surface area contributed by atoms with Gasteiger partial charge in [0, 0.05) is 53.3 Å². The van der Waals surface area contributed by atoms with Crippen molar-refractivity contribution in [1.82, 2.24) is 15.6 Å². The number of nitrogens with one attached hydrogen (secondary N) is 2. The van der Waals surface area contributed by atoms with Crippen LogP contribution in [-0.4, -0.2) is 52.3 Å². The Kier molecular flexibility index (Phi) is 9.61. The summed E-state index contributed by atoms with van der Waals surface area (Å²) in [6, 6.07) is 10.5. The number of methoxy groups -OCH3 is 1. The van der Waals surface area contributed by atoms with E-state index in [2.05, 4.69) is 39.9 Å². The number of aliphatic imine (C=N–C) groups is 1. The first kappa shape index (κ1) is 24.7. The van der Waals surface area contributed by atoms with Crippen LogP contribution in [0.5, 0.6) is 0 Å². The van der Waals surface area contributed by atoms with E-state index in [4.69, 9.17) is 9.72 Å². The molecule has 2 N–H and O–H groups in total. The number of halogens is 1. The Morgan fingerprint density at radius 1 is 1.20 bits per heavy atom. The van der Waals surface area contributed by atoms with Crippen molar-refractivity contribution in [2.75, 3.05) is 46.3 Å². The zero-order chi connectivity index (χ0) is 20.7. The molecule has 1 aromatic heterocycles. The van der Waals surface area contributed by atoms with Crippen LogP contribution in [0.15, 0.2) is 35.3 Å². The fourth-order valence-corrected chi connectivity index (χ4v) is 4.24. The molecule has 6 nitrogen and oxygen atoms in total. The summed E-state index contributed by atoms with van der Waals surface area (Å²) in [4.78, 5) is 11.2. The number of rotatable bonds is 8. The number of anilines is 1. The standard InChI is InChI=1S/C23H35N5O.HI/c1-24-22(26-17-23(13-14-29-4)11-7-8-12-23)25-16-18-15-21(28(2)3)27-20-10-6-5-9-19(18)20;/h5-6,9-10,15H,7-8,11-14,16-17H2,1-4H3,(H2,24,25,26);1H. The number of para-hydroxylation sites is 1. The molecule has 166 valence electrons. The summed E-state index contributed by atoms with van der Waals surface area (Å²) < 4.78 is 5.36. The van der Waals surface area contributed by atoms with Crippen molar-refractivity contribution in [3.63, 3.8) is 0 Å². The van der Waals surface area contributed by atoms with Crippen LogP contribution in [0.2, 0.25) is 0 Å². The van der Waals surface area contributed by atoms with Crippen LogP contribution in [0.3, 0.4) is 0 Å². The third-order valence-corrected chi connectivity index (χ3v) is 6.05. The van der Waals surface area contributed by atoms with E-state index >= 15 is 0 Å². The van der Waals surface area contributed by atoms with Gasteiger partial charge in [-0.15, -0.1) is 24.0 Å². The number of guanidine groups is 1. The molecule has 0 saturated heterocycles. The first-order valence-electron chi connectivity index (χ1n) is 10.6. The molecule has 0 bridgehead atoms. The number of benzene rings is 1. The number of pyridine rings is 1. The van der Waals surface area contributed by atoms with E-state index < -0.39 is 0 Å². The minimum Gasteiger partial charge on any atom is -0.385 e. The number of aromatic nitrogens is 1. The van der Waals surface area contributed by atoms with Crippen LogP contribution >= 0.6 is 24.0 Å². The summed E-state index contributed by atoms with van der Waals surface area (Å²) in [5.41, 5.74) is 2.56. The molecule has 0 aliphatic heterocycles. The summed E-state index contributed by atoms with van der Waals surface area (Å²) in [6.07, 6.45) is 6.26. The predicted molar refractivity (Wildman–Crippen MR) is 137 cm³/mol. The van der Waals surface area contributed by atoms with E-state index in [0.29, 0.717) is 12.0 Å². The lowest BCUT2D eigenvalue weighted by Gasteiger charge is -2.30. The Labute approximate surface area is 197 Å². The van der Waals surface area contributed by atoms with Crippen molar-refractivity contribution >= 4 is 46.7 Å². The average Bonchev–Trinajstić information content (AvgIpc) is 3.21. The molecule has 1 aromatic carbocycles. The van der Waals surface area contributed by atoms with Gasteiger partial charge in [-0.2, -0.15) is 0 Å². The summed E-state index contributed by atoms with van der Waals surface area (Å²) in [5.74, 6) is 1.81. The summed E-state index contributed by atoms with van der Waals surface area (Å²) >= 11 is 0. The molecular weight excluding hydrogens is 489 g/mol. The lowest BCUT2D eigenvalue weighted by Crippen LogP contribution is -2.43. The maximum atomic E-state index is 5.36. The molecule has 7 heteroatoms. The van der Waals surface area contributed by atoms with Gasteiger partial charge in [-0.1, -0.05) is 31.0 Å². The van der Waals surface area contributed by atoms with E-state index in [1.54, 1.807) is 7.11 Å². The van der Waals surface area contributed by atoms with Crippen LogP contribution < -0.4 is 15.5 Å². The van der Waals surface area contributed by atoms with Gasteiger partial charge in [-0.25, -0.2) is 4.98 Å². The summed E-state index contributed by atoms with van der Waals surface area (Å²) in [6.45, 7) is 2.47. The second-order valence-corrected chi connectivity index (χ2v) is 8.28.